The van der Waals surface area contributed by atoms with Crippen molar-refractivity contribution >= 4 is 11.6 Å². The van der Waals surface area contributed by atoms with Gasteiger partial charge in [0.05, 0.1) is 0 Å². The van der Waals surface area contributed by atoms with E-state index in [9.17, 15) is 9.18 Å². The van der Waals surface area contributed by atoms with Gasteiger partial charge in [0, 0.05) is 22.9 Å². The summed E-state index contributed by atoms with van der Waals surface area (Å²) in [6.45, 7) is 1.60. The lowest BCUT2D eigenvalue weighted by Crippen LogP contribution is -2.39. The quantitative estimate of drug-likeness (QED) is 0.752. The van der Waals surface area contributed by atoms with Crippen LogP contribution in [0.15, 0.2) is 12.1 Å². The Bertz CT molecular complexity index is 404. The highest BCUT2D eigenvalue weighted by Crippen LogP contribution is 2.20. The smallest absolute Gasteiger partial charge is 0.251 e. The molecule has 1 amide bonds. The van der Waals surface area contributed by atoms with Gasteiger partial charge in [0.25, 0.3) is 5.91 Å². The van der Waals surface area contributed by atoms with Crippen LogP contribution in [0.25, 0.3) is 0 Å². The Hall–Kier alpha value is -1.58. The van der Waals surface area contributed by atoms with Crippen LogP contribution in [-0.4, -0.2) is 11.9 Å². The lowest BCUT2D eigenvalue weighted by atomic mass is 9.93. The molecule has 0 heterocycles. The molecular weight excluding hydrogens is 207 g/mol. The van der Waals surface area contributed by atoms with Crippen LogP contribution in [0.1, 0.15) is 35.2 Å². The molecule has 3 N–H and O–H groups in total. The number of hydrogen-bond acceptors (Lipinski definition) is 2. The molecule has 0 spiro atoms. The molecule has 0 atom stereocenters. The topological polar surface area (TPSA) is 55.1 Å². The van der Waals surface area contributed by atoms with Crippen LogP contribution in [0, 0.1) is 12.7 Å². The highest BCUT2D eigenvalue weighted by atomic mass is 19.1. The third-order valence-electron chi connectivity index (χ3n) is 3.09. The van der Waals surface area contributed by atoms with Gasteiger partial charge in [0.2, 0.25) is 0 Å². The molecule has 0 aromatic heterocycles. The second-order valence-corrected chi connectivity index (χ2v) is 4.27. The van der Waals surface area contributed by atoms with Gasteiger partial charge >= 0.3 is 0 Å². The van der Waals surface area contributed by atoms with Crippen molar-refractivity contribution < 1.29 is 9.18 Å². The molecule has 1 fully saturated rings. The van der Waals surface area contributed by atoms with Crippen LogP contribution >= 0.6 is 0 Å². The molecule has 0 saturated heterocycles. The number of carbonyl (C=O) groups excluding carboxylic acids is 1. The Morgan fingerprint density at radius 3 is 2.69 bits per heavy atom. The summed E-state index contributed by atoms with van der Waals surface area (Å²) < 4.78 is 13.4. The molecule has 0 radical (unpaired) electrons. The minimum absolute atomic E-state index is 0.240. The third-order valence-corrected chi connectivity index (χ3v) is 3.09. The fourth-order valence-electron chi connectivity index (χ4n) is 1.65. The Morgan fingerprint density at radius 2 is 2.19 bits per heavy atom. The van der Waals surface area contributed by atoms with E-state index in [1.54, 1.807) is 6.92 Å². The monoisotopic (exact) mass is 222 g/mol. The molecule has 1 aromatic rings. The van der Waals surface area contributed by atoms with Crippen molar-refractivity contribution in [2.24, 2.45) is 0 Å². The largest absolute Gasteiger partial charge is 0.398 e. The summed E-state index contributed by atoms with van der Waals surface area (Å²) in [6.07, 6.45) is 3.17. The standard InChI is InChI=1S/C12H15FN2O/c1-7-10(13)5-8(6-11(7)14)12(16)15-9-3-2-4-9/h5-6,9H,2-4,14H2,1H3,(H,15,16). The molecule has 1 aromatic carbocycles. The van der Waals surface area contributed by atoms with E-state index in [1.807, 2.05) is 0 Å². The van der Waals surface area contributed by atoms with Gasteiger partial charge in [-0.05, 0) is 38.3 Å². The number of nitrogen functional groups attached to an aromatic ring is 1. The van der Waals surface area contributed by atoms with E-state index >= 15 is 0 Å². The summed E-state index contributed by atoms with van der Waals surface area (Å²) in [7, 11) is 0. The zero-order chi connectivity index (χ0) is 11.7. The average Bonchev–Trinajstić information content (AvgIpc) is 2.19. The van der Waals surface area contributed by atoms with Crippen LogP contribution in [-0.2, 0) is 0 Å². The molecule has 16 heavy (non-hydrogen) atoms. The molecule has 1 saturated carbocycles. The first kappa shape index (κ1) is 10.9. The maximum absolute atomic E-state index is 13.4. The van der Waals surface area contributed by atoms with Gasteiger partial charge < -0.3 is 11.1 Å². The first-order chi connectivity index (χ1) is 7.58. The minimum atomic E-state index is -0.432. The van der Waals surface area contributed by atoms with Gasteiger partial charge in [0.1, 0.15) is 5.82 Å². The Balaban J connectivity index is 2.16. The maximum Gasteiger partial charge on any atom is 0.251 e. The highest BCUT2D eigenvalue weighted by Gasteiger charge is 2.20. The molecule has 86 valence electrons. The number of amides is 1. The van der Waals surface area contributed by atoms with Crippen molar-refractivity contribution in [1.82, 2.24) is 5.32 Å². The highest BCUT2D eigenvalue weighted by molar-refractivity contribution is 5.95. The molecule has 2 rings (SSSR count). The number of halogens is 1. The van der Waals surface area contributed by atoms with Gasteiger partial charge in [-0.25, -0.2) is 4.39 Å². The molecule has 0 unspecified atom stereocenters. The normalized spacial score (nSPS) is 15.6. The van der Waals surface area contributed by atoms with Gasteiger partial charge in [-0.15, -0.1) is 0 Å². The maximum atomic E-state index is 13.4. The fraction of sp³-hybridized carbons (Fsp3) is 0.417. The molecule has 0 bridgehead atoms. The van der Waals surface area contributed by atoms with E-state index in [1.165, 1.54) is 12.1 Å². The summed E-state index contributed by atoms with van der Waals surface area (Å²) in [5.74, 6) is -0.672. The molecule has 1 aliphatic carbocycles. The van der Waals surface area contributed by atoms with Crippen molar-refractivity contribution in [2.75, 3.05) is 5.73 Å². The molecular formula is C12H15FN2O. The predicted molar refractivity (Wildman–Crippen MR) is 60.7 cm³/mol. The number of nitrogens with one attached hydrogen (secondary N) is 1. The van der Waals surface area contributed by atoms with Crippen LogP contribution in [0.4, 0.5) is 10.1 Å². The zero-order valence-electron chi connectivity index (χ0n) is 9.22. The second-order valence-electron chi connectivity index (χ2n) is 4.27. The lowest BCUT2D eigenvalue weighted by Gasteiger charge is -2.26. The molecule has 4 heteroatoms. The molecule has 1 aliphatic rings. The van der Waals surface area contributed by atoms with Gasteiger partial charge in [0.15, 0.2) is 0 Å². The first-order valence-electron chi connectivity index (χ1n) is 5.44. The number of nitrogens with two attached hydrogens (primary N) is 1. The summed E-state index contributed by atoms with van der Waals surface area (Å²) >= 11 is 0. The average molecular weight is 222 g/mol. The molecule has 0 aliphatic heterocycles. The van der Waals surface area contributed by atoms with Crippen LogP contribution in [0.5, 0.6) is 0 Å². The van der Waals surface area contributed by atoms with Crippen molar-refractivity contribution in [3.63, 3.8) is 0 Å². The van der Waals surface area contributed by atoms with Crippen LogP contribution < -0.4 is 11.1 Å². The number of rotatable bonds is 2. The third kappa shape index (κ3) is 2.01. The van der Waals surface area contributed by atoms with E-state index in [0.717, 1.165) is 19.3 Å². The number of hydrogen-bond donors (Lipinski definition) is 2. The first-order valence-corrected chi connectivity index (χ1v) is 5.44. The Morgan fingerprint density at radius 1 is 1.50 bits per heavy atom. The lowest BCUT2D eigenvalue weighted by molar-refractivity contribution is 0.0916. The van der Waals surface area contributed by atoms with E-state index < -0.39 is 5.82 Å². The van der Waals surface area contributed by atoms with Gasteiger partial charge in [-0.3, -0.25) is 4.79 Å². The van der Waals surface area contributed by atoms with Crippen LogP contribution in [0.2, 0.25) is 0 Å². The van der Waals surface area contributed by atoms with Crippen molar-refractivity contribution in [1.29, 1.82) is 0 Å². The predicted octanol–water partition coefficient (Wildman–Crippen LogP) is 2.00. The Kier molecular flexibility index (Phi) is 2.81. The van der Waals surface area contributed by atoms with E-state index in [-0.39, 0.29) is 11.9 Å². The summed E-state index contributed by atoms with van der Waals surface area (Å²) in [5.41, 5.74) is 6.62. The minimum Gasteiger partial charge on any atom is -0.398 e. The summed E-state index contributed by atoms with van der Waals surface area (Å²) in [4.78, 5) is 11.7. The number of anilines is 1. The number of benzene rings is 1. The van der Waals surface area contributed by atoms with Crippen molar-refractivity contribution in [3.05, 3.63) is 29.1 Å². The van der Waals surface area contributed by atoms with E-state index in [0.29, 0.717) is 16.8 Å². The Labute approximate surface area is 93.8 Å². The SMILES string of the molecule is Cc1c(N)cc(C(=O)NC2CCC2)cc1F. The van der Waals surface area contributed by atoms with E-state index in [2.05, 4.69) is 5.32 Å². The fourth-order valence-corrected chi connectivity index (χ4v) is 1.65. The summed E-state index contributed by atoms with van der Waals surface area (Å²) in [5, 5.41) is 2.85. The number of carbonyl (C=O) groups is 1. The second kappa shape index (κ2) is 4.12. The van der Waals surface area contributed by atoms with E-state index in [4.69, 9.17) is 5.73 Å². The zero-order valence-corrected chi connectivity index (χ0v) is 9.22. The van der Waals surface area contributed by atoms with Crippen molar-refractivity contribution in [2.45, 2.75) is 32.2 Å². The van der Waals surface area contributed by atoms with Crippen molar-refractivity contribution in [3.8, 4) is 0 Å². The van der Waals surface area contributed by atoms with Gasteiger partial charge in [-0.2, -0.15) is 0 Å². The molecule has 3 nitrogen and oxygen atoms in total. The van der Waals surface area contributed by atoms with Gasteiger partial charge in [-0.1, -0.05) is 0 Å². The summed E-state index contributed by atoms with van der Waals surface area (Å²) in [6, 6.07) is 3.00. The van der Waals surface area contributed by atoms with Crippen LogP contribution in [0.3, 0.4) is 0 Å².